The van der Waals surface area contributed by atoms with Gasteiger partial charge in [0.25, 0.3) is 0 Å². The first kappa shape index (κ1) is 22.0. The molecule has 0 aliphatic carbocycles. The van der Waals surface area contributed by atoms with Crippen molar-refractivity contribution in [3.63, 3.8) is 0 Å². The zero-order valence-electron chi connectivity index (χ0n) is 17.6. The first-order chi connectivity index (χ1) is 14.0. The second-order valence-electron chi connectivity index (χ2n) is 8.81. The Labute approximate surface area is 179 Å². The predicted molar refractivity (Wildman–Crippen MR) is 114 cm³/mol. The third-order valence-electron chi connectivity index (χ3n) is 5.24. The summed E-state index contributed by atoms with van der Waals surface area (Å²) in [4.78, 5) is 18.3. The number of aromatic nitrogens is 1. The van der Waals surface area contributed by atoms with Gasteiger partial charge in [-0.1, -0.05) is 20.8 Å². The van der Waals surface area contributed by atoms with Crippen LogP contribution in [0.4, 0.5) is 9.18 Å². The van der Waals surface area contributed by atoms with E-state index in [1.54, 1.807) is 24.4 Å². The highest BCUT2D eigenvalue weighted by Crippen LogP contribution is 2.42. The zero-order chi connectivity index (χ0) is 22.1. The molecule has 160 valence electrons. The molecule has 8 heteroatoms. The van der Waals surface area contributed by atoms with Crippen LogP contribution in [0.15, 0.2) is 24.4 Å². The van der Waals surface area contributed by atoms with Gasteiger partial charge in [0, 0.05) is 23.2 Å². The molecule has 2 aromatic rings. The van der Waals surface area contributed by atoms with Gasteiger partial charge in [-0.05, 0) is 43.4 Å². The average Bonchev–Trinajstić information content (AvgIpc) is 3.11. The molecule has 2 atom stereocenters. The van der Waals surface area contributed by atoms with Crippen LogP contribution >= 0.6 is 11.3 Å². The molecular formula is C22H26FN3O3S. The number of nitrogens with zero attached hydrogens (tertiary/aromatic N) is 3. The summed E-state index contributed by atoms with van der Waals surface area (Å²) in [5.74, 6) is 0.369. The lowest BCUT2D eigenvalue weighted by atomic mass is 9.72. The van der Waals surface area contributed by atoms with Crippen LogP contribution < -0.4 is 4.74 Å². The smallest absolute Gasteiger partial charge is 0.407 e. The number of aryl methyl sites for hydroxylation is 1. The summed E-state index contributed by atoms with van der Waals surface area (Å²) >= 11 is 1.50. The van der Waals surface area contributed by atoms with E-state index in [-0.39, 0.29) is 13.0 Å². The Kier molecular flexibility index (Phi) is 6.04. The van der Waals surface area contributed by atoms with Crippen LogP contribution in [-0.4, -0.2) is 45.9 Å². The van der Waals surface area contributed by atoms with E-state index < -0.39 is 23.2 Å². The number of carbonyl (C=O) groups is 1. The van der Waals surface area contributed by atoms with Crippen molar-refractivity contribution in [2.24, 2.45) is 5.41 Å². The molecule has 1 amide bonds. The molecule has 1 saturated heterocycles. The van der Waals surface area contributed by atoms with Gasteiger partial charge in [-0.15, -0.1) is 11.3 Å². The van der Waals surface area contributed by atoms with Gasteiger partial charge >= 0.3 is 6.09 Å². The lowest BCUT2D eigenvalue weighted by Crippen LogP contribution is -2.63. The summed E-state index contributed by atoms with van der Waals surface area (Å²) in [6, 6.07) is 6.30. The molecule has 0 radical (unpaired) electrons. The molecule has 0 bridgehead atoms. The number of piperidine rings is 1. The van der Waals surface area contributed by atoms with Crippen molar-refractivity contribution in [1.29, 1.82) is 5.26 Å². The number of hydrogen-bond acceptors (Lipinski definition) is 5. The van der Waals surface area contributed by atoms with Crippen molar-refractivity contribution in [2.45, 2.75) is 52.2 Å². The Bertz CT molecular complexity index is 979. The first-order valence-electron chi connectivity index (χ1n) is 9.83. The highest BCUT2D eigenvalue weighted by atomic mass is 32.1. The van der Waals surface area contributed by atoms with E-state index in [0.29, 0.717) is 24.3 Å². The fourth-order valence-corrected chi connectivity index (χ4v) is 5.00. The molecule has 0 spiro atoms. The highest BCUT2D eigenvalue weighted by Gasteiger charge is 2.53. The molecule has 2 heterocycles. The summed E-state index contributed by atoms with van der Waals surface area (Å²) < 4.78 is 22.0. The number of nitriles is 1. The molecule has 1 fully saturated rings. The Morgan fingerprint density at radius 3 is 2.77 bits per heavy atom. The second kappa shape index (κ2) is 8.23. The average molecular weight is 432 g/mol. The summed E-state index contributed by atoms with van der Waals surface area (Å²) in [6.45, 7) is 7.49. The van der Waals surface area contributed by atoms with Crippen molar-refractivity contribution in [3.05, 3.63) is 34.8 Å². The molecule has 3 rings (SSSR count). The molecule has 6 nitrogen and oxygen atoms in total. The van der Waals surface area contributed by atoms with E-state index in [4.69, 9.17) is 4.74 Å². The van der Waals surface area contributed by atoms with E-state index >= 15 is 4.39 Å². The number of benzene rings is 1. The maximum absolute atomic E-state index is 16.1. The third kappa shape index (κ3) is 4.57. The quantitative estimate of drug-likeness (QED) is 0.713. The minimum atomic E-state index is -1.84. The highest BCUT2D eigenvalue weighted by molar-refractivity contribution is 7.14. The van der Waals surface area contributed by atoms with Gasteiger partial charge in [-0.3, -0.25) is 0 Å². The van der Waals surface area contributed by atoms with Crippen LogP contribution in [0.1, 0.15) is 44.1 Å². The fourth-order valence-electron chi connectivity index (χ4n) is 4.25. The van der Waals surface area contributed by atoms with E-state index in [0.717, 1.165) is 15.4 Å². The Morgan fingerprint density at radius 2 is 2.20 bits per heavy atom. The number of ether oxygens (including phenoxy) is 1. The zero-order valence-corrected chi connectivity index (χ0v) is 18.4. The van der Waals surface area contributed by atoms with Gasteiger partial charge in [-0.2, -0.15) is 5.26 Å². The predicted octanol–water partition coefficient (Wildman–Crippen LogP) is 5.27. The Balaban J connectivity index is 1.89. The number of rotatable bonds is 4. The number of alkyl halides is 1. The number of carboxylic acid groups (broad SMARTS) is 1. The van der Waals surface area contributed by atoms with Gasteiger partial charge in [0.05, 0.1) is 17.7 Å². The minimum Gasteiger partial charge on any atom is -0.490 e. The topological polar surface area (TPSA) is 86.5 Å². The van der Waals surface area contributed by atoms with Crippen LogP contribution in [0.2, 0.25) is 0 Å². The summed E-state index contributed by atoms with van der Waals surface area (Å²) in [6.07, 6.45) is 1.28. The van der Waals surface area contributed by atoms with Crippen LogP contribution in [0.25, 0.3) is 10.6 Å². The lowest BCUT2D eigenvalue weighted by molar-refractivity contribution is -0.0779. The number of halogens is 1. The Morgan fingerprint density at radius 1 is 1.47 bits per heavy atom. The van der Waals surface area contributed by atoms with Crippen molar-refractivity contribution in [2.75, 3.05) is 13.2 Å². The Hall–Kier alpha value is -2.66. The summed E-state index contributed by atoms with van der Waals surface area (Å²) in [5.41, 5.74) is -1.31. The van der Waals surface area contributed by atoms with E-state index in [2.05, 4.69) is 11.1 Å². The molecule has 1 aliphatic rings. The fraction of sp³-hybridized carbons (Fsp3) is 0.500. The van der Waals surface area contributed by atoms with Crippen LogP contribution in [-0.2, 0) is 0 Å². The van der Waals surface area contributed by atoms with E-state index in [1.165, 1.54) is 16.2 Å². The molecule has 30 heavy (non-hydrogen) atoms. The first-order valence-corrected chi connectivity index (χ1v) is 10.6. The molecule has 2 unspecified atom stereocenters. The SMILES string of the molecule is Cc1cnc(-c2cc(C#N)cc(OCC3(F)CCCN(C(=O)O)C3C(C)(C)C)c2)s1. The molecule has 0 saturated carbocycles. The van der Waals surface area contributed by atoms with Gasteiger partial charge in [0.15, 0.2) is 5.67 Å². The molecule has 1 aliphatic heterocycles. The lowest BCUT2D eigenvalue weighted by Gasteiger charge is -2.49. The van der Waals surface area contributed by atoms with Crippen LogP contribution in [0.5, 0.6) is 5.75 Å². The van der Waals surface area contributed by atoms with Gasteiger partial charge in [0.1, 0.15) is 17.4 Å². The van der Waals surface area contributed by atoms with E-state index in [9.17, 15) is 15.2 Å². The number of likely N-dealkylation sites (tertiary alicyclic amines) is 1. The second-order valence-corrected chi connectivity index (χ2v) is 10.0. The molecule has 1 aromatic carbocycles. The maximum atomic E-state index is 16.1. The summed E-state index contributed by atoms with van der Waals surface area (Å²) in [7, 11) is 0. The molecule has 1 N–H and O–H groups in total. The molecule has 1 aromatic heterocycles. The van der Waals surface area contributed by atoms with Crippen molar-refractivity contribution < 1.29 is 19.0 Å². The maximum Gasteiger partial charge on any atom is 0.407 e. The number of thiazole rings is 1. The standard InChI is InChI=1S/C22H26FN3O3S/c1-14-12-25-18(30-14)16-8-15(11-24)9-17(10-16)29-13-22(23)6-5-7-26(20(27)28)19(22)21(2,3)4/h8-10,12,19H,5-7,13H2,1-4H3,(H,27,28). The monoisotopic (exact) mass is 431 g/mol. The normalized spacial score (nSPS) is 21.9. The number of amides is 1. The van der Waals surface area contributed by atoms with Crippen molar-refractivity contribution >= 4 is 17.4 Å². The van der Waals surface area contributed by atoms with Crippen LogP contribution in [0.3, 0.4) is 0 Å². The van der Waals surface area contributed by atoms with Gasteiger partial charge < -0.3 is 14.7 Å². The van der Waals surface area contributed by atoms with Gasteiger partial charge in [0.2, 0.25) is 0 Å². The largest absolute Gasteiger partial charge is 0.490 e. The van der Waals surface area contributed by atoms with Crippen LogP contribution in [0, 0.1) is 23.7 Å². The van der Waals surface area contributed by atoms with Crippen molar-refractivity contribution in [1.82, 2.24) is 9.88 Å². The minimum absolute atomic E-state index is 0.217. The molecular weight excluding hydrogens is 405 g/mol. The third-order valence-corrected chi connectivity index (χ3v) is 6.20. The van der Waals surface area contributed by atoms with Crippen molar-refractivity contribution in [3.8, 4) is 22.4 Å². The van der Waals surface area contributed by atoms with E-state index in [1.807, 2.05) is 27.7 Å². The van der Waals surface area contributed by atoms with Gasteiger partial charge in [-0.25, -0.2) is 14.2 Å². The summed E-state index contributed by atoms with van der Waals surface area (Å²) in [5, 5.41) is 19.7. The number of hydrogen-bond donors (Lipinski definition) is 1.